The highest BCUT2D eigenvalue weighted by molar-refractivity contribution is 7.20. The van der Waals surface area contributed by atoms with Crippen molar-refractivity contribution in [2.75, 3.05) is 25.0 Å². The lowest BCUT2D eigenvalue weighted by Crippen LogP contribution is -2.33. The molecule has 0 saturated carbocycles. The molecule has 0 saturated heterocycles. The summed E-state index contributed by atoms with van der Waals surface area (Å²) in [6, 6.07) is 0.257. The lowest BCUT2D eigenvalue weighted by Gasteiger charge is -2.22. The summed E-state index contributed by atoms with van der Waals surface area (Å²) in [4.78, 5) is 34.0. The number of amides is 1. The SMILES string of the molecule is CCCCCCCCNc1nc2sc(C(=O)N(CCCCCC)CCCCCC)c(C)c2c(=O)o1. The molecular formula is C28H47N3O3S. The van der Waals surface area contributed by atoms with Crippen molar-refractivity contribution >= 4 is 33.5 Å². The Morgan fingerprint density at radius 2 is 1.40 bits per heavy atom. The van der Waals surface area contributed by atoms with Gasteiger partial charge < -0.3 is 14.6 Å². The van der Waals surface area contributed by atoms with Crippen LogP contribution in [0.15, 0.2) is 9.21 Å². The van der Waals surface area contributed by atoms with Crippen LogP contribution in [-0.2, 0) is 0 Å². The lowest BCUT2D eigenvalue weighted by molar-refractivity contribution is 0.0753. The van der Waals surface area contributed by atoms with E-state index in [2.05, 4.69) is 31.1 Å². The molecule has 1 amide bonds. The Morgan fingerprint density at radius 3 is 2.00 bits per heavy atom. The molecule has 0 spiro atoms. The largest absolute Gasteiger partial charge is 0.389 e. The average molecular weight is 506 g/mol. The predicted molar refractivity (Wildman–Crippen MR) is 149 cm³/mol. The first-order chi connectivity index (χ1) is 17.0. The molecular weight excluding hydrogens is 458 g/mol. The van der Waals surface area contributed by atoms with Crippen LogP contribution in [0.1, 0.15) is 126 Å². The molecule has 2 aromatic heterocycles. The molecule has 0 bridgehead atoms. The van der Waals surface area contributed by atoms with E-state index in [1.807, 2.05) is 11.8 Å². The van der Waals surface area contributed by atoms with Crippen molar-refractivity contribution in [1.29, 1.82) is 0 Å². The van der Waals surface area contributed by atoms with Gasteiger partial charge in [0.05, 0.1) is 4.88 Å². The molecule has 0 unspecified atom stereocenters. The number of carbonyl (C=O) groups excluding carboxylic acids is 1. The zero-order chi connectivity index (χ0) is 25.5. The molecule has 0 aromatic carbocycles. The van der Waals surface area contributed by atoms with Crippen LogP contribution in [0.5, 0.6) is 0 Å². The molecule has 0 aliphatic heterocycles. The highest BCUT2D eigenvalue weighted by Gasteiger charge is 2.24. The van der Waals surface area contributed by atoms with Crippen LogP contribution in [0.25, 0.3) is 10.2 Å². The van der Waals surface area contributed by atoms with Crippen LogP contribution in [0, 0.1) is 6.92 Å². The third-order valence-electron chi connectivity index (χ3n) is 6.58. The Hall–Kier alpha value is -1.89. The lowest BCUT2D eigenvalue weighted by atomic mass is 10.1. The number of aryl methyl sites for hydroxylation is 1. The van der Waals surface area contributed by atoms with Gasteiger partial charge in [0.15, 0.2) is 0 Å². The van der Waals surface area contributed by atoms with Gasteiger partial charge in [0.2, 0.25) is 0 Å². The van der Waals surface area contributed by atoms with E-state index < -0.39 is 5.63 Å². The maximum atomic E-state index is 13.5. The van der Waals surface area contributed by atoms with E-state index in [1.54, 1.807) is 0 Å². The maximum absolute atomic E-state index is 13.5. The van der Waals surface area contributed by atoms with E-state index >= 15 is 0 Å². The molecule has 35 heavy (non-hydrogen) atoms. The molecule has 0 aliphatic carbocycles. The fraction of sp³-hybridized carbons (Fsp3) is 0.750. The summed E-state index contributed by atoms with van der Waals surface area (Å²) in [5, 5.41) is 3.61. The van der Waals surface area contributed by atoms with Gasteiger partial charge in [-0.05, 0) is 31.7 Å². The second-order valence-electron chi connectivity index (χ2n) is 9.65. The van der Waals surface area contributed by atoms with Gasteiger partial charge in [-0.2, -0.15) is 4.98 Å². The van der Waals surface area contributed by atoms with Gasteiger partial charge in [-0.1, -0.05) is 91.4 Å². The average Bonchev–Trinajstić information content (AvgIpc) is 3.18. The van der Waals surface area contributed by atoms with Crippen LogP contribution < -0.4 is 10.9 Å². The third kappa shape index (κ3) is 9.59. The molecule has 2 heterocycles. The fourth-order valence-electron chi connectivity index (χ4n) is 4.37. The molecule has 2 rings (SSSR count). The van der Waals surface area contributed by atoms with E-state index in [1.165, 1.54) is 62.7 Å². The smallest absolute Gasteiger partial charge is 0.349 e. The highest BCUT2D eigenvalue weighted by Crippen LogP contribution is 2.29. The first-order valence-corrected chi connectivity index (χ1v) is 14.8. The van der Waals surface area contributed by atoms with Crippen LogP contribution in [0.3, 0.4) is 0 Å². The summed E-state index contributed by atoms with van der Waals surface area (Å²) >= 11 is 1.33. The number of nitrogens with one attached hydrogen (secondary N) is 1. The summed E-state index contributed by atoms with van der Waals surface area (Å²) in [5.41, 5.74) is 0.288. The van der Waals surface area contributed by atoms with Gasteiger partial charge in [-0.15, -0.1) is 11.3 Å². The summed E-state index contributed by atoms with van der Waals surface area (Å²) in [6.07, 6.45) is 16.3. The van der Waals surface area contributed by atoms with Crippen molar-refractivity contribution in [3.8, 4) is 0 Å². The zero-order valence-corrected chi connectivity index (χ0v) is 23.4. The molecule has 0 fully saturated rings. The minimum Gasteiger partial charge on any atom is -0.389 e. The van der Waals surface area contributed by atoms with Crippen molar-refractivity contribution in [2.45, 2.75) is 118 Å². The third-order valence-corrected chi connectivity index (χ3v) is 7.75. The van der Waals surface area contributed by atoms with Crippen molar-refractivity contribution in [1.82, 2.24) is 9.88 Å². The van der Waals surface area contributed by atoms with Gasteiger partial charge in [-0.25, -0.2) is 4.79 Å². The van der Waals surface area contributed by atoms with E-state index in [0.29, 0.717) is 20.7 Å². The van der Waals surface area contributed by atoms with Gasteiger partial charge in [0, 0.05) is 19.6 Å². The highest BCUT2D eigenvalue weighted by atomic mass is 32.1. The van der Waals surface area contributed by atoms with E-state index in [-0.39, 0.29) is 11.9 Å². The standard InChI is InChI=1S/C28H47N3O3S/c1-5-8-11-14-15-16-19-29-28-30-25-23(27(33)34-28)22(4)24(35-25)26(32)31(20-17-12-9-6-2)21-18-13-10-7-3/h5-21H2,1-4H3,(H,29,30). The van der Waals surface area contributed by atoms with Gasteiger partial charge in [0.1, 0.15) is 10.2 Å². The minimum atomic E-state index is -0.411. The summed E-state index contributed by atoms with van der Waals surface area (Å²) < 4.78 is 5.46. The number of nitrogens with zero attached hydrogens (tertiary/aromatic N) is 2. The quantitative estimate of drug-likeness (QED) is 0.196. The number of rotatable bonds is 19. The molecule has 2 aromatic rings. The normalized spacial score (nSPS) is 11.3. The minimum absolute atomic E-state index is 0.0273. The Kier molecular flexibility index (Phi) is 14.0. The van der Waals surface area contributed by atoms with Gasteiger partial charge in [0.25, 0.3) is 11.9 Å². The number of unbranched alkanes of at least 4 members (excludes halogenated alkanes) is 11. The van der Waals surface area contributed by atoms with Crippen molar-refractivity contribution < 1.29 is 9.21 Å². The van der Waals surface area contributed by atoms with E-state index in [4.69, 9.17) is 4.42 Å². The van der Waals surface area contributed by atoms with Crippen LogP contribution in [0.4, 0.5) is 6.01 Å². The molecule has 0 aliphatic rings. The number of thiophene rings is 1. The number of hydrogen-bond acceptors (Lipinski definition) is 6. The van der Waals surface area contributed by atoms with Crippen LogP contribution in [0.2, 0.25) is 0 Å². The van der Waals surface area contributed by atoms with Gasteiger partial charge in [-0.3, -0.25) is 4.79 Å². The first kappa shape index (κ1) is 29.3. The number of aromatic nitrogens is 1. The summed E-state index contributed by atoms with van der Waals surface area (Å²) in [7, 11) is 0. The monoisotopic (exact) mass is 505 g/mol. The molecule has 0 atom stereocenters. The Morgan fingerprint density at radius 1 is 0.857 bits per heavy atom. The second-order valence-corrected chi connectivity index (χ2v) is 10.6. The van der Waals surface area contributed by atoms with E-state index in [0.717, 1.165) is 58.2 Å². The molecule has 1 N–H and O–H groups in total. The Balaban J connectivity index is 2.09. The topological polar surface area (TPSA) is 75.4 Å². The fourth-order valence-corrected chi connectivity index (χ4v) is 5.50. The van der Waals surface area contributed by atoms with Crippen molar-refractivity contribution in [3.05, 3.63) is 20.9 Å². The molecule has 6 nitrogen and oxygen atoms in total. The van der Waals surface area contributed by atoms with E-state index in [9.17, 15) is 9.59 Å². The maximum Gasteiger partial charge on any atom is 0.349 e. The molecule has 0 radical (unpaired) electrons. The molecule has 198 valence electrons. The van der Waals surface area contributed by atoms with Gasteiger partial charge >= 0.3 is 5.63 Å². The first-order valence-electron chi connectivity index (χ1n) is 14.0. The molecule has 7 heteroatoms. The Bertz CT molecular complexity index is 925. The number of fused-ring (bicyclic) bond motifs is 1. The predicted octanol–water partition coefficient (Wildman–Crippen LogP) is 7.93. The van der Waals surface area contributed by atoms with Crippen molar-refractivity contribution in [2.24, 2.45) is 0 Å². The Labute approximate surface area is 215 Å². The number of hydrogen-bond donors (Lipinski definition) is 1. The van der Waals surface area contributed by atoms with Crippen LogP contribution >= 0.6 is 11.3 Å². The number of anilines is 1. The second kappa shape index (κ2) is 16.7. The summed E-state index contributed by atoms with van der Waals surface area (Å²) in [6.45, 7) is 10.7. The summed E-state index contributed by atoms with van der Waals surface area (Å²) in [5.74, 6) is 0.0273. The zero-order valence-electron chi connectivity index (χ0n) is 22.5. The van der Waals surface area contributed by atoms with Crippen LogP contribution in [-0.4, -0.2) is 35.4 Å². The van der Waals surface area contributed by atoms with Crippen molar-refractivity contribution in [3.63, 3.8) is 0 Å². The number of carbonyl (C=O) groups is 1.